The van der Waals surface area contributed by atoms with Gasteiger partial charge in [-0.3, -0.25) is 14.7 Å². The number of ether oxygens (including phenoxy) is 1. The Morgan fingerprint density at radius 3 is 2.84 bits per heavy atom. The highest BCUT2D eigenvalue weighted by Crippen LogP contribution is 2.27. The van der Waals surface area contributed by atoms with Gasteiger partial charge in [0.25, 0.3) is 0 Å². The third-order valence-electron chi connectivity index (χ3n) is 7.21. The van der Waals surface area contributed by atoms with Gasteiger partial charge in [-0.15, -0.1) is 0 Å². The predicted octanol–water partition coefficient (Wildman–Crippen LogP) is 0.233. The van der Waals surface area contributed by atoms with Gasteiger partial charge in [0.15, 0.2) is 5.43 Å². The van der Waals surface area contributed by atoms with Gasteiger partial charge in [0.2, 0.25) is 0 Å². The summed E-state index contributed by atoms with van der Waals surface area (Å²) in [5, 5.41) is 0.533. The molecule has 1 atom stereocenters. The molecule has 182 valence electrons. The van der Waals surface area contributed by atoms with Crippen molar-refractivity contribution in [1.82, 2.24) is 29.4 Å². The van der Waals surface area contributed by atoms with Gasteiger partial charge in [-0.2, -0.15) is 0 Å². The van der Waals surface area contributed by atoms with Gasteiger partial charge in [0.1, 0.15) is 40.2 Å². The van der Waals surface area contributed by atoms with Crippen molar-refractivity contribution >= 4 is 43.3 Å². The quantitative estimate of drug-likeness (QED) is 0.356. The normalized spacial score (nSPS) is 17.2. The average Bonchev–Trinajstić information content (AvgIpc) is 2.94. The molecule has 0 bridgehead atoms. The molecule has 0 N–H and O–H groups in total. The number of piperidine rings is 1. The SMILES string of the molecule is [B]c1cc2c(=O)c(CN(Cc3ccncn3)C3CCCN(c4cnccn4)C3)cn3c2c(c1[B])OCC3. The fourth-order valence-corrected chi connectivity index (χ4v) is 5.37. The van der Waals surface area contributed by atoms with Crippen LogP contribution in [0.5, 0.6) is 5.75 Å². The summed E-state index contributed by atoms with van der Waals surface area (Å²) in [6, 6.07) is 3.79. The van der Waals surface area contributed by atoms with Crippen LogP contribution < -0.4 is 26.0 Å². The number of hydrogen-bond acceptors (Lipinski definition) is 8. The van der Waals surface area contributed by atoms with Crippen LogP contribution in [-0.2, 0) is 19.6 Å². The molecule has 1 saturated heterocycles. The summed E-state index contributed by atoms with van der Waals surface area (Å²) >= 11 is 0. The van der Waals surface area contributed by atoms with Crippen molar-refractivity contribution in [1.29, 1.82) is 0 Å². The summed E-state index contributed by atoms with van der Waals surface area (Å²) in [5.74, 6) is 1.36. The van der Waals surface area contributed by atoms with Crippen molar-refractivity contribution < 1.29 is 4.74 Å². The fraction of sp³-hybridized carbons (Fsp3) is 0.346. The van der Waals surface area contributed by atoms with E-state index in [0.717, 1.165) is 37.4 Å². The first kappa shape index (κ1) is 23.7. The maximum Gasteiger partial charge on any atom is 0.193 e. The van der Waals surface area contributed by atoms with E-state index in [4.69, 9.17) is 20.4 Å². The van der Waals surface area contributed by atoms with Crippen molar-refractivity contribution in [3.05, 3.63) is 70.9 Å². The number of pyridine rings is 1. The zero-order valence-corrected chi connectivity index (χ0v) is 20.5. The van der Waals surface area contributed by atoms with Gasteiger partial charge >= 0.3 is 0 Å². The Labute approximate surface area is 217 Å². The van der Waals surface area contributed by atoms with Crippen LogP contribution in [0.3, 0.4) is 0 Å². The number of hydrogen-bond donors (Lipinski definition) is 0. The number of rotatable bonds is 6. The van der Waals surface area contributed by atoms with E-state index in [-0.39, 0.29) is 11.5 Å². The Bertz CT molecular complexity index is 1480. The van der Waals surface area contributed by atoms with E-state index in [1.54, 1.807) is 37.2 Å². The van der Waals surface area contributed by atoms with Crippen LogP contribution in [0.4, 0.5) is 5.82 Å². The molecule has 0 amide bonds. The van der Waals surface area contributed by atoms with Crippen LogP contribution in [0.2, 0.25) is 0 Å². The largest absolute Gasteiger partial charge is 0.490 e. The van der Waals surface area contributed by atoms with Gasteiger partial charge in [-0.1, -0.05) is 17.0 Å². The molecule has 2 aliphatic heterocycles. The molecule has 37 heavy (non-hydrogen) atoms. The van der Waals surface area contributed by atoms with E-state index >= 15 is 0 Å². The molecule has 0 saturated carbocycles. The van der Waals surface area contributed by atoms with E-state index in [0.29, 0.717) is 59.4 Å². The van der Waals surface area contributed by atoms with Crippen LogP contribution in [0, 0.1) is 0 Å². The van der Waals surface area contributed by atoms with Gasteiger partial charge < -0.3 is 14.2 Å². The number of benzene rings is 1. The zero-order chi connectivity index (χ0) is 25.4. The summed E-state index contributed by atoms with van der Waals surface area (Å²) < 4.78 is 7.87. The molecule has 0 aliphatic carbocycles. The minimum atomic E-state index is -0.0565. The molecule has 11 heteroatoms. The molecule has 0 spiro atoms. The van der Waals surface area contributed by atoms with Gasteiger partial charge in [-0.25, -0.2) is 15.0 Å². The Hall–Kier alpha value is -3.72. The Kier molecular flexibility index (Phi) is 6.38. The first-order chi connectivity index (χ1) is 18.1. The lowest BCUT2D eigenvalue weighted by atomic mass is 9.78. The van der Waals surface area contributed by atoms with Crippen LogP contribution >= 0.6 is 0 Å². The van der Waals surface area contributed by atoms with E-state index in [2.05, 4.69) is 34.3 Å². The second-order valence-electron chi connectivity index (χ2n) is 9.54. The van der Waals surface area contributed by atoms with Crippen molar-refractivity contribution in [2.75, 3.05) is 24.6 Å². The molecule has 9 nitrogen and oxygen atoms in total. The van der Waals surface area contributed by atoms with Crippen molar-refractivity contribution in [3.8, 4) is 5.75 Å². The summed E-state index contributed by atoms with van der Waals surface area (Å²) in [4.78, 5) is 35.6. The number of aromatic nitrogens is 5. The van der Waals surface area contributed by atoms with E-state index in [1.165, 1.54) is 0 Å². The molecule has 5 heterocycles. The lowest BCUT2D eigenvalue weighted by molar-refractivity contribution is 0.156. The van der Waals surface area contributed by atoms with Crippen molar-refractivity contribution in [2.24, 2.45) is 0 Å². The Balaban J connectivity index is 1.37. The second-order valence-corrected chi connectivity index (χ2v) is 9.54. The first-order valence-corrected chi connectivity index (χ1v) is 12.4. The third-order valence-corrected chi connectivity index (χ3v) is 7.21. The molecule has 4 aromatic rings. The average molecular weight is 489 g/mol. The highest BCUT2D eigenvalue weighted by molar-refractivity contribution is 6.51. The summed E-state index contributed by atoms with van der Waals surface area (Å²) in [5.41, 5.74) is 3.00. The summed E-state index contributed by atoms with van der Waals surface area (Å²) in [7, 11) is 12.3. The predicted molar refractivity (Wildman–Crippen MR) is 143 cm³/mol. The zero-order valence-electron chi connectivity index (χ0n) is 20.5. The fourth-order valence-electron chi connectivity index (χ4n) is 5.37. The van der Waals surface area contributed by atoms with Crippen LogP contribution in [-0.4, -0.2) is 70.8 Å². The lowest BCUT2D eigenvalue weighted by Gasteiger charge is -2.39. The van der Waals surface area contributed by atoms with Crippen LogP contribution in [0.1, 0.15) is 24.1 Å². The maximum absolute atomic E-state index is 13.7. The van der Waals surface area contributed by atoms with Crippen LogP contribution in [0.15, 0.2) is 54.2 Å². The molecular formula is C26H25B2N7O2. The second kappa shape index (κ2) is 9.97. The molecule has 1 aromatic carbocycles. The Morgan fingerprint density at radius 2 is 2.03 bits per heavy atom. The number of nitrogens with zero attached hydrogens (tertiary/aromatic N) is 7. The molecule has 6 rings (SSSR count). The lowest BCUT2D eigenvalue weighted by Crippen LogP contribution is -2.48. The van der Waals surface area contributed by atoms with E-state index in [1.807, 2.05) is 12.3 Å². The standard InChI is InChI=1S/C26H25B2N7O2/c27-21-10-20-24-26(23(21)28)37-9-8-34(24)12-17(25(20)36)13-35(14-18-3-4-30-16-32-18)19-2-1-7-33(15-19)22-11-29-5-6-31-22/h3-6,10-12,16,19H,1-2,7-9,13-15H2. The summed E-state index contributed by atoms with van der Waals surface area (Å²) in [6.45, 7) is 3.87. The molecule has 1 fully saturated rings. The van der Waals surface area contributed by atoms with E-state index in [9.17, 15) is 4.79 Å². The summed E-state index contributed by atoms with van der Waals surface area (Å²) in [6.07, 6.45) is 12.5. The minimum Gasteiger partial charge on any atom is -0.490 e. The van der Waals surface area contributed by atoms with Crippen molar-refractivity contribution in [2.45, 2.75) is 38.5 Å². The minimum absolute atomic E-state index is 0.0565. The third kappa shape index (κ3) is 4.59. The smallest absolute Gasteiger partial charge is 0.193 e. The maximum atomic E-state index is 13.7. The molecule has 1 unspecified atom stereocenters. The first-order valence-electron chi connectivity index (χ1n) is 12.4. The number of anilines is 1. The van der Waals surface area contributed by atoms with Gasteiger partial charge in [0.05, 0.1) is 24.0 Å². The molecular weight excluding hydrogens is 464 g/mol. The molecule has 4 radical (unpaired) electrons. The highest BCUT2D eigenvalue weighted by atomic mass is 16.5. The molecule has 2 aliphatic rings. The monoisotopic (exact) mass is 489 g/mol. The van der Waals surface area contributed by atoms with Crippen LogP contribution in [0.25, 0.3) is 10.9 Å². The van der Waals surface area contributed by atoms with E-state index < -0.39 is 0 Å². The molecule has 3 aromatic heterocycles. The van der Waals surface area contributed by atoms with Gasteiger partial charge in [-0.05, 0) is 18.9 Å². The van der Waals surface area contributed by atoms with Gasteiger partial charge in [0, 0.05) is 68.0 Å². The Morgan fingerprint density at radius 1 is 1.11 bits per heavy atom. The van der Waals surface area contributed by atoms with Crippen molar-refractivity contribution in [3.63, 3.8) is 0 Å². The topological polar surface area (TPSA) is 89.3 Å². The highest BCUT2D eigenvalue weighted by Gasteiger charge is 2.28.